The Morgan fingerprint density at radius 3 is 1.23 bits per heavy atom. The van der Waals surface area contributed by atoms with Gasteiger partial charge in [0.15, 0.2) is 25.5 Å². The quantitative estimate of drug-likeness (QED) is 0.0340. The number of hydrogen-bond donors (Lipinski definition) is 2. The lowest BCUT2D eigenvalue weighted by molar-refractivity contribution is -0.699. The Morgan fingerprint density at radius 1 is 0.433 bits per heavy atom. The molecule has 310 valence electrons. The number of pyridine rings is 2. The van der Waals surface area contributed by atoms with Crippen LogP contribution in [0.15, 0.2) is 158 Å². The fraction of sp³-hybridized carbons (Fsp3) is 0.269. The van der Waals surface area contributed by atoms with E-state index in [-0.39, 0.29) is 13.2 Å². The molecule has 0 fully saturated rings. The van der Waals surface area contributed by atoms with E-state index < -0.39 is 0 Å². The zero-order valence-electron chi connectivity index (χ0n) is 34.7. The largest absolute Gasteiger partial charge is 0.390 e. The molecule has 0 aliphatic heterocycles. The summed E-state index contributed by atoms with van der Waals surface area (Å²) >= 11 is 0. The number of anilines is 2. The predicted octanol–water partition coefficient (Wildman–Crippen LogP) is 10.2. The Hall–Kier alpha value is -5.12. The molecule has 0 atom stereocenters. The fourth-order valence-corrected chi connectivity index (χ4v) is 9.41. The van der Waals surface area contributed by atoms with E-state index in [4.69, 9.17) is 0 Å². The van der Waals surface area contributed by atoms with Crippen LogP contribution in [0.1, 0.15) is 59.3 Å². The number of nitrogens with zero attached hydrogens (tertiary/aromatic N) is 4. The molecule has 0 spiro atoms. The molecule has 0 unspecified atom stereocenters. The van der Waals surface area contributed by atoms with Gasteiger partial charge in [-0.05, 0) is 96.5 Å². The van der Waals surface area contributed by atoms with Crippen molar-refractivity contribution in [2.45, 2.75) is 51.9 Å². The van der Waals surface area contributed by atoms with E-state index >= 15 is 0 Å². The lowest BCUT2D eigenvalue weighted by Gasteiger charge is -2.25. The van der Waals surface area contributed by atoms with Crippen molar-refractivity contribution < 1.29 is 19.3 Å². The summed E-state index contributed by atoms with van der Waals surface area (Å²) in [6, 6.07) is 51.5. The van der Waals surface area contributed by atoms with Crippen molar-refractivity contribution >= 4 is 57.3 Å². The number of benzene rings is 4. The molecule has 2 N–H and O–H groups in total. The highest BCUT2D eigenvalue weighted by Crippen LogP contribution is 2.26. The Labute approximate surface area is 366 Å². The molecule has 0 aliphatic rings. The zero-order valence-corrected chi connectivity index (χ0v) is 36.4. The molecule has 0 bridgehead atoms. The van der Waals surface area contributed by atoms with Crippen LogP contribution in [0, 0.1) is 0 Å². The van der Waals surface area contributed by atoms with Gasteiger partial charge in [0.1, 0.15) is 13.2 Å². The van der Waals surface area contributed by atoms with Gasteiger partial charge in [0.05, 0.1) is 0 Å². The van der Waals surface area contributed by atoms with Gasteiger partial charge in [-0.3, -0.25) is 0 Å². The molecule has 6 rings (SSSR count). The van der Waals surface area contributed by atoms with E-state index in [0.717, 1.165) is 73.0 Å². The van der Waals surface area contributed by atoms with E-state index in [1.165, 1.54) is 35.3 Å². The summed E-state index contributed by atoms with van der Waals surface area (Å²) in [5.74, 6) is 2.33. The Bertz CT molecular complexity index is 2010. The minimum atomic E-state index is 0.121. The van der Waals surface area contributed by atoms with Gasteiger partial charge in [-0.25, -0.2) is 0 Å². The summed E-state index contributed by atoms with van der Waals surface area (Å²) < 4.78 is 4.13. The molecular formula is C52H60N4O2S2+2. The van der Waals surface area contributed by atoms with Gasteiger partial charge in [-0.1, -0.05) is 107 Å². The smallest absolute Gasteiger partial charge is 0.205 e. The molecule has 60 heavy (non-hydrogen) atoms. The Kier molecular flexibility index (Phi) is 18.9. The van der Waals surface area contributed by atoms with Crippen LogP contribution in [0.2, 0.25) is 0 Å². The summed E-state index contributed by atoms with van der Waals surface area (Å²) in [4.78, 5) is 5.02. The highest BCUT2D eigenvalue weighted by molar-refractivity contribution is 8.76. The standard InChI is InChI=1S/C52H60N4O2S2/c57-39-37-53-33-9-7-19-49(53)27-21-45-23-29-51(30-24-45)55(43-47-15-3-1-4-16-47)35-11-13-41-59-60-42-14-12-36-56(44-48-17-5-2-6-18-48)52-31-25-46(26-32-52)22-28-50-20-8-10-34-54(50)38-40-58/h1-10,15-34,57-58H,11-14,35-44H2/q+2. The van der Waals surface area contributed by atoms with Crippen LogP contribution in [0.25, 0.3) is 24.3 Å². The van der Waals surface area contributed by atoms with Gasteiger partial charge >= 0.3 is 0 Å². The van der Waals surface area contributed by atoms with E-state index in [1.54, 1.807) is 0 Å². The summed E-state index contributed by atoms with van der Waals surface area (Å²) in [5.41, 5.74) is 9.61. The third-order valence-electron chi connectivity index (χ3n) is 10.4. The number of aliphatic hydroxyl groups excluding tert-OH is 2. The Morgan fingerprint density at radius 2 is 0.833 bits per heavy atom. The van der Waals surface area contributed by atoms with Crippen LogP contribution < -0.4 is 18.9 Å². The second kappa shape index (κ2) is 25.5. The maximum absolute atomic E-state index is 9.43. The first kappa shape index (κ1) is 44.4. The maximum atomic E-state index is 9.43. The number of hydrogen-bond acceptors (Lipinski definition) is 6. The third-order valence-corrected chi connectivity index (χ3v) is 12.9. The van der Waals surface area contributed by atoms with Crippen LogP contribution in [0.5, 0.6) is 0 Å². The minimum Gasteiger partial charge on any atom is -0.390 e. The monoisotopic (exact) mass is 836 g/mol. The summed E-state index contributed by atoms with van der Waals surface area (Å²) in [6.45, 7) is 5.24. The lowest BCUT2D eigenvalue weighted by Crippen LogP contribution is -2.38. The number of aliphatic hydroxyl groups is 2. The molecule has 4 aromatic carbocycles. The van der Waals surface area contributed by atoms with Crippen LogP contribution >= 0.6 is 21.6 Å². The first-order valence-corrected chi connectivity index (χ1v) is 23.7. The second-order valence-electron chi connectivity index (χ2n) is 14.8. The summed E-state index contributed by atoms with van der Waals surface area (Å²) in [7, 11) is 4.04. The molecular weight excluding hydrogens is 777 g/mol. The van der Waals surface area contributed by atoms with E-state index in [9.17, 15) is 10.2 Å². The van der Waals surface area contributed by atoms with E-state index in [2.05, 4.69) is 165 Å². The number of aromatic nitrogens is 2. The average molecular weight is 837 g/mol. The van der Waals surface area contributed by atoms with Gasteiger partial charge in [0.2, 0.25) is 11.4 Å². The van der Waals surface area contributed by atoms with Crippen LogP contribution in [0.3, 0.4) is 0 Å². The highest BCUT2D eigenvalue weighted by Gasteiger charge is 2.11. The molecule has 0 aliphatic carbocycles. The molecule has 8 heteroatoms. The average Bonchev–Trinajstić information content (AvgIpc) is 3.29. The molecule has 0 saturated carbocycles. The third kappa shape index (κ3) is 14.9. The van der Waals surface area contributed by atoms with Crippen molar-refractivity contribution in [2.24, 2.45) is 0 Å². The number of unbranched alkanes of at least 4 members (excludes halogenated alkanes) is 2. The highest BCUT2D eigenvalue weighted by atomic mass is 33.1. The van der Waals surface area contributed by atoms with Crippen molar-refractivity contribution in [2.75, 3.05) is 47.6 Å². The van der Waals surface area contributed by atoms with Gasteiger partial charge in [-0.2, -0.15) is 9.13 Å². The topological polar surface area (TPSA) is 54.7 Å². The van der Waals surface area contributed by atoms with Crippen molar-refractivity contribution in [3.63, 3.8) is 0 Å². The second-order valence-corrected chi connectivity index (χ2v) is 17.5. The molecule has 0 amide bonds. The van der Waals surface area contributed by atoms with Crippen molar-refractivity contribution in [3.8, 4) is 0 Å². The molecule has 6 aromatic rings. The van der Waals surface area contributed by atoms with Crippen molar-refractivity contribution in [1.29, 1.82) is 0 Å². The fourth-order valence-electron chi connectivity index (χ4n) is 7.11. The molecule has 2 heterocycles. The van der Waals surface area contributed by atoms with Crippen LogP contribution in [-0.2, 0) is 26.2 Å². The number of rotatable bonds is 25. The minimum absolute atomic E-state index is 0.121. The lowest BCUT2D eigenvalue weighted by atomic mass is 10.1. The van der Waals surface area contributed by atoms with Crippen molar-refractivity contribution in [3.05, 3.63) is 192 Å². The van der Waals surface area contributed by atoms with E-state index in [0.29, 0.717) is 13.1 Å². The van der Waals surface area contributed by atoms with E-state index in [1.807, 2.05) is 58.2 Å². The molecule has 0 radical (unpaired) electrons. The van der Waals surface area contributed by atoms with Gasteiger partial charge < -0.3 is 20.0 Å². The Balaban J connectivity index is 0.939. The first-order valence-electron chi connectivity index (χ1n) is 21.3. The van der Waals surface area contributed by atoms with Crippen LogP contribution in [0.4, 0.5) is 11.4 Å². The molecule has 2 aromatic heterocycles. The maximum Gasteiger partial charge on any atom is 0.205 e. The first-order chi connectivity index (χ1) is 29.7. The summed E-state index contributed by atoms with van der Waals surface area (Å²) in [5, 5.41) is 18.9. The molecule has 6 nitrogen and oxygen atoms in total. The predicted molar refractivity (Wildman–Crippen MR) is 257 cm³/mol. The molecule has 0 saturated heterocycles. The summed E-state index contributed by atoms with van der Waals surface area (Å²) in [6.07, 6.45) is 17.2. The zero-order chi connectivity index (χ0) is 41.5. The normalized spacial score (nSPS) is 11.4. The van der Waals surface area contributed by atoms with Crippen molar-refractivity contribution in [1.82, 2.24) is 0 Å². The van der Waals surface area contributed by atoms with Gasteiger partial charge in [-0.15, -0.1) is 0 Å². The van der Waals surface area contributed by atoms with Gasteiger partial charge in [0.25, 0.3) is 0 Å². The van der Waals surface area contributed by atoms with Crippen LogP contribution in [-0.4, -0.2) is 48.0 Å². The SMILES string of the molecule is OCC[n+]1ccccc1/C=C/c1ccc(N(CCCCSSCCCCN(Cc2ccccc2)c2ccc(/C=C/c3cccc[n+]3CCO)cc2)Cc2ccccc2)cc1. The van der Waals surface area contributed by atoms with Gasteiger partial charge in [0, 0.05) is 85.5 Å².